The Kier molecular flexibility index (Phi) is 13.3. The van der Waals surface area contributed by atoms with E-state index in [0.29, 0.717) is 69.3 Å². The van der Waals surface area contributed by atoms with Crippen LogP contribution in [0.3, 0.4) is 0 Å². The van der Waals surface area contributed by atoms with Crippen LogP contribution in [0.25, 0.3) is 0 Å². The standard InChI is InChI=1S/C41H57N5O8/c1-4-23-52-37(47)27-53-34-14-20-43(21-15-34)32-10-16-44(17-11-32)39(49)36(26-30-24-28(2)38(48)29(3)25-30)54-41(51)45-18-12-33(13-19-45)46-22-9-31-7-5-6-8-35(31)42-40(46)50/h5-8,24-25,32-34,36,48H,4,9-23,26-27H2,1-3H3,(H,42,50)/t36-/m1/s1. The highest BCUT2D eigenvalue weighted by Crippen LogP contribution is 2.28. The summed E-state index contributed by atoms with van der Waals surface area (Å²) in [6.45, 7) is 10.4. The zero-order valence-corrected chi connectivity index (χ0v) is 32.1. The first-order valence-electron chi connectivity index (χ1n) is 19.8. The van der Waals surface area contributed by atoms with Crippen molar-refractivity contribution >= 4 is 29.7 Å². The number of likely N-dealkylation sites (tertiary alicyclic amines) is 3. The Bertz CT molecular complexity index is 1610. The molecule has 0 saturated carbocycles. The fourth-order valence-corrected chi connectivity index (χ4v) is 8.36. The topological polar surface area (TPSA) is 141 Å². The Balaban J connectivity index is 1.02. The number of para-hydroxylation sites is 1. The molecule has 0 radical (unpaired) electrons. The van der Waals surface area contributed by atoms with Gasteiger partial charge in [0.1, 0.15) is 12.4 Å². The van der Waals surface area contributed by atoms with Crippen LogP contribution in [0, 0.1) is 13.8 Å². The van der Waals surface area contributed by atoms with Crippen LogP contribution in [0.1, 0.15) is 74.1 Å². The average Bonchev–Trinajstić information content (AvgIpc) is 3.36. The summed E-state index contributed by atoms with van der Waals surface area (Å²) in [6, 6.07) is 11.8. The number of fused-ring (bicyclic) bond motifs is 1. The number of hydrogen-bond donors (Lipinski definition) is 2. The normalized spacial score (nSPS) is 19.8. The summed E-state index contributed by atoms with van der Waals surface area (Å²) in [5, 5.41) is 13.4. The van der Waals surface area contributed by atoms with Crippen molar-refractivity contribution in [3.05, 3.63) is 58.7 Å². The van der Waals surface area contributed by atoms with Crippen LogP contribution >= 0.6 is 0 Å². The van der Waals surface area contributed by atoms with Gasteiger partial charge in [0.2, 0.25) is 0 Å². The van der Waals surface area contributed by atoms with Crippen molar-refractivity contribution in [2.24, 2.45) is 0 Å². The molecule has 0 bridgehead atoms. The van der Waals surface area contributed by atoms with Gasteiger partial charge >= 0.3 is 18.1 Å². The smallest absolute Gasteiger partial charge is 0.410 e. The number of piperidine rings is 3. The fourth-order valence-electron chi connectivity index (χ4n) is 8.36. The second-order valence-corrected chi connectivity index (χ2v) is 15.2. The molecule has 1 atom stereocenters. The van der Waals surface area contributed by atoms with Gasteiger partial charge in [-0.2, -0.15) is 0 Å². The number of hydrogen-bond acceptors (Lipinski definition) is 9. The molecule has 54 heavy (non-hydrogen) atoms. The maximum atomic E-state index is 14.2. The van der Waals surface area contributed by atoms with Gasteiger partial charge in [-0.05, 0) is 93.5 Å². The number of aryl methyl sites for hydroxylation is 2. The zero-order chi connectivity index (χ0) is 38.2. The van der Waals surface area contributed by atoms with Crippen molar-refractivity contribution in [2.45, 2.75) is 103 Å². The predicted octanol–water partition coefficient (Wildman–Crippen LogP) is 5.04. The number of anilines is 1. The quantitative estimate of drug-likeness (QED) is 0.303. The number of ether oxygens (including phenoxy) is 3. The van der Waals surface area contributed by atoms with Crippen molar-refractivity contribution in [3.63, 3.8) is 0 Å². The predicted molar refractivity (Wildman–Crippen MR) is 203 cm³/mol. The zero-order valence-electron chi connectivity index (χ0n) is 32.1. The molecule has 4 aliphatic heterocycles. The number of urea groups is 1. The minimum absolute atomic E-state index is 0.00213. The van der Waals surface area contributed by atoms with Crippen LogP contribution in [-0.2, 0) is 36.6 Å². The summed E-state index contributed by atoms with van der Waals surface area (Å²) >= 11 is 0. The molecule has 6 rings (SSSR count). The number of aromatic hydroxyl groups is 1. The van der Waals surface area contributed by atoms with Crippen molar-refractivity contribution in [3.8, 4) is 5.75 Å². The number of esters is 1. The van der Waals surface area contributed by atoms with E-state index in [1.165, 1.54) is 0 Å². The van der Waals surface area contributed by atoms with Gasteiger partial charge in [0.25, 0.3) is 5.91 Å². The molecule has 3 saturated heterocycles. The second-order valence-electron chi connectivity index (χ2n) is 15.2. The van der Waals surface area contributed by atoms with Gasteiger partial charge in [0.15, 0.2) is 6.10 Å². The van der Waals surface area contributed by atoms with Crippen molar-refractivity contribution in [2.75, 3.05) is 64.3 Å². The molecule has 4 aliphatic rings. The third kappa shape index (κ3) is 9.84. The van der Waals surface area contributed by atoms with Crippen molar-refractivity contribution in [1.29, 1.82) is 0 Å². The monoisotopic (exact) mass is 747 g/mol. The third-order valence-corrected chi connectivity index (χ3v) is 11.5. The Labute approximate surface area is 318 Å². The van der Waals surface area contributed by atoms with Crippen LogP contribution in [0.4, 0.5) is 15.3 Å². The first-order chi connectivity index (χ1) is 26.1. The van der Waals surface area contributed by atoms with Gasteiger partial charge in [-0.15, -0.1) is 0 Å². The Morgan fingerprint density at radius 3 is 2.20 bits per heavy atom. The Morgan fingerprint density at radius 2 is 1.52 bits per heavy atom. The minimum atomic E-state index is -1.01. The molecule has 2 N–H and O–H groups in total. The van der Waals surface area contributed by atoms with Crippen LogP contribution in [0.15, 0.2) is 36.4 Å². The highest BCUT2D eigenvalue weighted by Gasteiger charge is 2.37. The van der Waals surface area contributed by atoms with Crippen LogP contribution in [-0.4, -0.2) is 132 Å². The van der Waals surface area contributed by atoms with Gasteiger partial charge in [-0.3, -0.25) is 4.79 Å². The number of nitrogens with one attached hydrogen (secondary N) is 1. The lowest BCUT2D eigenvalue weighted by molar-refractivity contribution is -0.152. The molecule has 2 aromatic rings. The van der Waals surface area contributed by atoms with E-state index < -0.39 is 12.2 Å². The molecule has 0 aliphatic carbocycles. The van der Waals surface area contributed by atoms with Crippen LogP contribution in [0.2, 0.25) is 0 Å². The highest BCUT2D eigenvalue weighted by atomic mass is 16.6. The number of benzene rings is 2. The third-order valence-electron chi connectivity index (χ3n) is 11.5. The lowest BCUT2D eigenvalue weighted by atomic mass is 9.97. The van der Waals surface area contributed by atoms with E-state index in [9.17, 15) is 24.3 Å². The fraction of sp³-hybridized carbons (Fsp3) is 0.610. The summed E-state index contributed by atoms with van der Waals surface area (Å²) in [5.74, 6) is -0.301. The second kappa shape index (κ2) is 18.3. The van der Waals surface area contributed by atoms with Gasteiger partial charge in [0, 0.05) is 70.0 Å². The SMILES string of the molecule is CCCOC(=O)COC1CCN(C2CCN(C(=O)[C@@H](Cc3cc(C)c(O)c(C)c3)OC(=O)N3CCC(N4CCc5ccccc5NC4=O)CC3)CC2)CC1. The summed E-state index contributed by atoms with van der Waals surface area (Å²) in [7, 11) is 0. The van der Waals surface area contributed by atoms with Crippen LogP contribution < -0.4 is 5.32 Å². The average molecular weight is 748 g/mol. The first kappa shape index (κ1) is 39.3. The van der Waals surface area contributed by atoms with E-state index in [0.717, 1.165) is 68.4 Å². The molecule has 13 heteroatoms. The van der Waals surface area contributed by atoms with E-state index in [1.807, 2.05) is 67.0 Å². The molecule has 2 aromatic carbocycles. The highest BCUT2D eigenvalue weighted by molar-refractivity contribution is 5.91. The molecule has 3 fully saturated rings. The van der Waals surface area contributed by atoms with Gasteiger partial charge in [-0.25, -0.2) is 14.4 Å². The summed E-state index contributed by atoms with van der Waals surface area (Å²) < 4.78 is 17.0. The van der Waals surface area contributed by atoms with E-state index >= 15 is 0 Å². The van der Waals surface area contributed by atoms with E-state index in [-0.39, 0.29) is 48.8 Å². The van der Waals surface area contributed by atoms with Crippen molar-refractivity contribution in [1.82, 2.24) is 19.6 Å². The van der Waals surface area contributed by atoms with E-state index in [2.05, 4.69) is 10.2 Å². The molecular weight excluding hydrogens is 690 g/mol. The lowest BCUT2D eigenvalue weighted by Gasteiger charge is -2.42. The molecule has 13 nitrogen and oxygen atoms in total. The number of carbonyl (C=O) groups excluding carboxylic acids is 4. The molecular formula is C41H57N5O8. The Hall–Kier alpha value is -4.36. The number of phenolic OH excluding ortho intramolecular Hbond substituents is 1. The molecule has 4 heterocycles. The van der Waals surface area contributed by atoms with Gasteiger partial charge < -0.3 is 44.2 Å². The maximum absolute atomic E-state index is 14.2. The van der Waals surface area contributed by atoms with Crippen LogP contribution in [0.5, 0.6) is 5.75 Å². The summed E-state index contributed by atoms with van der Waals surface area (Å²) in [4.78, 5) is 60.7. The number of carbonyl (C=O) groups is 4. The number of phenols is 1. The Morgan fingerprint density at radius 1 is 0.870 bits per heavy atom. The summed E-state index contributed by atoms with van der Waals surface area (Å²) in [6.07, 6.45) is 4.84. The summed E-state index contributed by atoms with van der Waals surface area (Å²) in [5.41, 5.74) is 4.19. The van der Waals surface area contributed by atoms with Gasteiger partial charge in [-0.1, -0.05) is 37.3 Å². The maximum Gasteiger partial charge on any atom is 0.410 e. The molecule has 0 unspecified atom stereocenters. The number of nitrogens with zero attached hydrogens (tertiary/aromatic N) is 4. The van der Waals surface area contributed by atoms with Gasteiger partial charge in [0.05, 0.1) is 12.7 Å². The number of rotatable bonds is 11. The van der Waals surface area contributed by atoms with Crippen molar-refractivity contribution < 1.29 is 38.5 Å². The minimum Gasteiger partial charge on any atom is -0.507 e. The van der Waals surface area contributed by atoms with E-state index in [4.69, 9.17) is 14.2 Å². The number of amides is 4. The largest absolute Gasteiger partial charge is 0.507 e. The molecule has 4 amide bonds. The lowest BCUT2D eigenvalue weighted by Crippen LogP contribution is -2.53. The van der Waals surface area contributed by atoms with E-state index in [1.54, 1.807) is 4.90 Å². The first-order valence-corrected chi connectivity index (χ1v) is 19.8. The molecule has 0 spiro atoms. The molecule has 294 valence electrons. The molecule has 0 aromatic heterocycles.